The molecular weight excluding hydrogens is 632 g/mol. The van der Waals surface area contributed by atoms with Gasteiger partial charge in [-0.2, -0.15) is 0 Å². The van der Waals surface area contributed by atoms with Crippen molar-refractivity contribution in [1.29, 1.82) is 0 Å². The van der Waals surface area contributed by atoms with Crippen LogP contribution in [-0.2, 0) is 38.0 Å². The predicted octanol–water partition coefficient (Wildman–Crippen LogP) is -0.0755. The summed E-state index contributed by atoms with van der Waals surface area (Å²) in [6.45, 7) is 5.72. The quantitative estimate of drug-likeness (QED) is 0.178. The first-order valence-corrected chi connectivity index (χ1v) is 16.6. The number of carbonyl (C=O) groups excluding carboxylic acids is 3. The smallest absolute Gasteiger partial charge is 0.341 e. The second kappa shape index (κ2) is 9.85. The number of rotatable bonds is 6. The van der Waals surface area contributed by atoms with Crippen LogP contribution in [0.5, 0.6) is 0 Å². The van der Waals surface area contributed by atoms with E-state index < -0.39 is 77.6 Å². The number of hydrogen-bond donors (Lipinski definition) is 4. The SMILES string of the molecule is CC(C)[C@]12O[C@H]1[C@@H]1O[C@@]13[C@@]1(C)CCC4=C(COC4=O)[C@@H]1C1C[C@@]3(O1)[C@@H]2OC(=O)c1ccccc1C(=O)O[C@@H]1OC(CO)[C@@H](O)C(O)C1O. The van der Waals surface area contributed by atoms with E-state index in [0.717, 1.165) is 11.1 Å². The zero-order valence-corrected chi connectivity index (χ0v) is 26.6. The van der Waals surface area contributed by atoms with Crippen LogP contribution in [0, 0.1) is 17.3 Å². The lowest BCUT2D eigenvalue weighted by atomic mass is 9.42. The number of fused-ring (bicyclic) bond motifs is 2. The fraction of sp³-hybridized carbons (Fsp3) is 0.676. The molecule has 10 rings (SSSR count). The molecule has 2 spiro atoms. The van der Waals surface area contributed by atoms with E-state index >= 15 is 0 Å². The molecule has 5 saturated heterocycles. The second-order valence-electron chi connectivity index (χ2n) is 15.0. The first-order valence-electron chi connectivity index (χ1n) is 16.6. The molecule has 1 aromatic carbocycles. The number of hydrogen-bond acceptors (Lipinski definition) is 14. The molecule has 6 aliphatic heterocycles. The van der Waals surface area contributed by atoms with E-state index in [1.54, 1.807) is 6.07 Å². The highest BCUT2D eigenvalue weighted by atomic mass is 16.7. The first-order chi connectivity index (χ1) is 22.9. The molecule has 7 fully saturated rings. The van der Waals surface area contributed by atoms with Gasteiger partial charge in [-0.3, -0.25) is 0 Å². The average molecular weight is 671 g/mol. The van der Waals surface area contributed by atoms with Crippen molar-refractivity contribution in [3.05, 3.63) is 46.5 Å². The minimum absolute atomic E-state index is 0.0841. The first kappa shape index (κ1) is 31.1. The molecule has 3 aliphatic carbocycles. The maximum atomic E-state index is 14.2. The van der Waals surface area contributed by atoms with E-state index in [9.17, 15) is 34.8 Å². The van der Waals surface area contributed by atoms with Crippen molar-refractivity contribution in [2.45, 2.75) is 112 Å². The van der Waals surface area contributed by atoms with Gasteiger partial charge >= 0.3 is 17.9 Å². The zero-order chi connectivity index (χ0) is 33.7. The monoisotopic (exact) mass is 670 g/mol. The Balaban J connectivity index is 1.03. The zero-order valence-electron chi connectivity index (χ0n) is 26.6. The van der Waals surface area contributed by atoms with Crippen molar-refractivity contribution in [2.24, 2.45) is 17.3 Å². The van der Waals surface area contributed by atoms with Crippen molar-refractivity contribution in [2.75, 3.05) is 13.2 Å². The molecule has 14 nitrogen and oxygen atoms in total. The largest absolute Gasteiger partial charge is 0.458 e. The van der Waals surface area contributed by atoms with Gasteiger partial charge in [-0.1, -0.05) is 32.9 Å². The van der Waals surface area contributed by atoms with Gasteiger partial charge in [-0.05, 0) is 36.5 Å². The topological polar surface area (TPSA) is 203 Å². The highest BCUT2D eigenvalue weighted by Crippen LogP contribution is 2.82. The van der Waals surface area contributed by atoms with Crippen molar-refractivity contribution < 1.29 is 68.0 Å². The Morgan fingerprint density at radius 1 is 0.979 bits per heavy atom. The highest BCUT2D eigenvalue weighted by molar-refractivity contribution is 6.03. The Labute approximate surface area is 274 Å². The third-order valence-electron chi connectivity index (χ3n) is 12.7. The molecule has 9 aliphatic rings. The van der Waals surface area contributed by atoms with Crippen LogP contribution < -0.4 is 0 Å². The molecule has 6 heterocycles. The molecule has 0 radical (unpaired) electrons. The normalized spacial score (nSPS) is 49.0. The van der Waals surface area contributed by atoms with Gasteiger partial charge in [0.2, 0.25) is 6.29 Å². The molecule has 0 amide bonds. The van der Waals surface area contributed by atoms with Gasteiger partial charge in [0.1, 0.15) is 60.0 Å². The summed E-state index contributed by atoms with van der Waals surface area (Å²) >= 11 is 0. The number of epoxide rings is 2. The van der Waals surface area contributed by atoms with Crippen LogP contribution in [0.2, 0.25) is 0 Å². The molecule has 4 unspecified atom stereocenters. The van der Waals surface area contributed by atoms with Crippen LogP contribution in [0.1, 0.15) is 60.7 Å². The third kappa shape index (κ3) is 3.52. The molecule has 48 heavy (non-hydrogen) atoms. The summed E-state index contributed by atoms with van der Waals surface area (Å²) in [5.41, 5.74) is -1.74. The summed E-state index contributed by atoms with van der Waals surface area (Å²) in [7, 11) is 0. The molecule has 14 heteroatoms. The Morgan fingerprint density at radius 3 is 2.33 bits per heavy atom. The van der Waals surface area contributed by atoms with Crippen molar-refractivity contribution in [3.63, 3.8) is 0 Å². The number of carbonyl (C=O) groups is 3. The van der Waals surface area contributed by atoms with Crippen LogP contribution in [0.25, 0.3) is 0 Å². The van der Waals surface area contributed by atoms with E-state index in [1.165, 1.54) is 18.2 Å². The van der Waals surface area contributed by atoms with Gasteiger partial charge in [0.15, 0.2) is 6.10 Å². The fourth-order valence-corrected chi connectivity index (χ4v) is 10.4. The molecular formula is C34H38O14. The van der Waals surface area contributed by atoms with Gasteiger partial charge < -0.3 is 53.6 Å². The van der Waals surface area contributed by atoms with E-state index in [-0.39, 0.29) is 53.9 Å². The Morgan fingerprint density at radius 2 is 1.67 bits per heavy atom. The number of ether oxygens (including phenoxy) is 7. The summed E-state index contributed by atoms with van der Waals surface area (Å²) in [5, 5.41) is 40.2. The molecule has 14 atom stereocenters. The maximum absolute atomic E-state index is 14.2. The minimum Gasteiger partial charge on any atom is -0.458 e. The Bertz CT molecular complexity index is 1650. The lowest BCUT2D eigenvalue weighted by molar-refractivity contribution is -0.365. The second-order valence-corrected chi connectivity index (χ2v) is 15.0. The van der Waals surface area contributed by atoms with Crippen LogP contribution in [0.3, 0.4) is 0 Å². The summed E-state index contributed by atoms with van der Waals surface area (Å²) in [6.07, 6.45) is -8.19. The van der Waals surface area contributed by atoms with Gasteiger partial charge in [0.25, 0.3) is 0 Å². The molecule has 4 N–H and O–H groups in total. The van der Waals surface area contributed by atoms with Crippen LogP contribution in [0.4, 0.5) is 0 Å². The summed E-state index contributed by atoms with van der Waals surface area (Å²) in [5.74, 6) is -2.31. The molecule has 0 aromatic heterocycles. The number of aliphatic hydroxyl groups is 4. The molecule has 1 aromatic rings. The van der Waals surface area contributed by atoms with Gasteiger partial charge in [0.05, 0.1) is 23.8 Å². The highest BCUT2D eigenvalue weighted by Gasteiger charge is 2.99. The summed E-state index contributed by atoms with van der Waals surface area (Å²) in [4.78, 5) is 40.1. The number of aliphatic hydroxyl groups excluding tert-OH is 4. The summed E-state index contributed by atoms with van der Waals surface area (Å²) < 4.78 is 42.7. The van der Waals surface area contributed by atoms with E-state index in [2.05, 4.69) is 6.92 Å². The lowest BCUT2D eigenvalue weighted by Crippen LogP contribution is -2.84. The Kier molecular flexibility index (Phi) is 6.37. The lowest BCUT2D eigenvalue weighted by Gasteiger charge is -2.70. The van der Waals surface area contributed by atoms with E-state index in [4.69, 9.17) is 33.2 Å². The fourth-order valence-electron chi connectivity index (χ4n) is 10.4. The standard InChI is InChI=1S/C34H38O14/c1-13(2)33-24(47-33)25-34(48-25)31(3)9-8-16-17(12-42-26(16)39)20(31)18-10-32(34,46-18)30(33)45-28(41)15-7-5-4-6-14(15)27(40)44-29-23(38)22(37)21(36)19(11-35)43-29/h4-7,13,18-25,29-30,35-38H,8-12H2,1-3H3/t18?,19?,20-,21-,22?,23?,24+,25+,29+,30+,31+,32-,33+,34-/m1/s1. The molecule has 2 saturated carbocycles. The van der Waals surface area contributed by atoms with Crippen LogP contribution >= 0.6 is 0 Å². The Hall–Kier alpha value is -2.95. The molecule has 2 bridgehead atoms. The van der Waals surface area contributed by atoms with Crippen molar-refractivity contribution in [1.82, 2.24) is 0 Å². The van der Waals surface area contributed by atoms with Gasteiger partial charge in [0, 0.05) is 23.3 Å². The van der Waals surface area contributed by atoms with Gasteiger partial charge in [-0.25, -0.2) is 14.4 Å². The van der Waals surface area contributed by atoms with Crippen LogP contribution in [-0.4, -0.2) is 123 Å². The van der Waals surface area contributed by atoms with E-state index in [0.29, 0.717) is 19.3 Å². The van der Waals surface area contributed by atoms with Crippen molar-refractivity contribution in [3.8, 4) is 0 Å². The maximum Gasteiger partial charge on any atom is 0.341 e. The van der Waals surface area contributed by atoms with Gasteiger partial charge in [-0.15, -0.1) is 0 Å². The number of esters is 3. The summed E-state index contributed by atoms with van der Waals surface area (Å²) in [6, 6.07) is 5.87. The predicted molar refractivity (Wildman–Crippen MR) is 156 cm³/mol. The molecule has 258 valence electrons. The number of benzene rings is 1. The van der Waals surface area contributed by atoms with Crippen LogP contribution in [0.15, 0.2) is 35.4 Å². The van der Waals surface area contributed by atoms with Crippen molar-refractivity contribution >= 4 is 17.9 Å². The van der Waals surface area contributed by atoms with E-state index in [1.807, 2.05) is 13.8 Å². The average Bonchev–Trinajstić information content (AvgIpc) is 3.95. The third-order valence-corrected chi connectivity index (χ3v) is 12.7. The minimum atomic E-state index is -1.81. The number of cyclic esters (lactones) is 1.